The van der Waals surface area contributed by atoms with Crippen LogP contribution in [0.4, 0.5) is 10.7 Å². The summed E-state index contributed by atoms with van der Waals surface area (Å²) in [6.45, 7) is 20.7. The highest BCUT2D eigenvalue weighted by atomic mass is 16.6. The van der Waals surface area contributed by atoms with Crippen LogP contribution in [0.5, 0.6) is 0 Å². The molecule has 14 heteroatoms. The molecule has 232 valence electrons. The summed E-state index contributed by atoms with van der Waals surface area (Å²) in [6.07, 6.45) is 4.33. The standard InChI is InChI=1S/C28H45N9O5/c1-22(24(38)39)18-30-25(29-5)36-10-6-34(7-11-36)14-16-41-17-15-35-8-12-37(13-9-35)26-31-19-23(20-32-26)21-33-27(40)42-28(2,3)4/h18-20H,5-17,21H2,1-4H3,(H,33,40)(H,38,39)/b22-18+,30-25?. The lowest BCUT2D eigenvalue weighted by molar-refractivity contribution is -0.132. The van der Waals surface area contributed by atoms with E-state index in [-0.39, 0.29) is 5.57 Å². The molecule has 2 aliphatic heterocycles. The van der Waals surface area contributed by atoms with Crippen molar-refractivity contribution in [2.45, 2.75) is 39.8 Å². The second kappa shape index (κ2) is 16.1. The number of aromatic nitrogens is 2. The highest BCUT2D eigenvalue weighted by molar-refractivity contribution is 5.88. The number of hydrogen-bond acceptors (Lipinski definition) is 10. The number of amides is 1. The lowest BCUT2D eigenvalue weighted by Crippen LogP contribution is -2.49. The van der Waals surface area contributed by atoms with Crippen molar-refractivity contribution in [1.82, 2.24) is 30.0 Å². The zero-order valence-corrected chi connectivity index (χ0v) is 25.3. The van der Waals surface area contributed by atoms with E-state index in [1.165, 1.54) is 13.1 Å². The number of guanidine groups is 1. The van der Waals surface area contributed by atoms with Crippen LogP contribution >= 0.6 is 0 Å². The maximum atomic E-state index is 11.8. The molecule has 0 radical (unpaired) electrons. The van der Waals surface area contributed by atoms with Crippen molar-refractivity contribution in [2.75, 3.05) is 83.6 Å². The van der Waals surface area contributed by atoms with Gasteiger partial charge in [0.05, 0.1) is 18.8 Å². The number of carbonyl (C=O) groups excluding carboxylic acids is 1. The normalized spacial score (nSPS) is 17.7. The molecule has 14 nitrogen and oxygen atoms in total. The number of ether oxygens (including phenoxy) is 2. The minimum Gasteiger partial charge on any atom is -0.478 e. The molecule has 0 atom stereocenters. The molecular formula is C28H45N9O5. The molecule has 1 amide bonds. The molecule has 1 aromatic heterocycles. The van der Waals surface area contributed by atoms with Gasteiger partial charge in [0.15, 0.2) is 0 Å². The van der Waals surface area contributed by atoms with Crippen LogP contribution in [0.2, 0.25) is 0 Å². The Hall–Kier alpha value is -3.62. The molecular weight excluding hydrogens is 542 g/mol. The fourth-order valence-corrected chi connectivity index (χ4v) is 4.36. The number of rotatable bonds is 11. The Balaban J connectivity index is 1.26. The van der Waals surface area contributed by atoms with E-state index in [9.17, 15) is 9.59 Å². The number of carboxylic acid groups (broad SMARTS) is 1. The molecule has 1 aromatic rings. The SMILES string of the molecule is C=NC(=N/C=C(\C)C(=O)O)N1CCN(CCOCCN2CCN(c3ncc(CNC(=O)OC(C)(C)C)cn3)CC2)CC1. The number of hydrogen-bond donors (Lipinski definition) is 2. The molecule has 0 saturated carbocycles. The summed E-state index contributed by atoms with van der Waals surface area (Å²) in [5.74, 6) is 0.141. The Labute approximate surface area is 248 Å². The van der Waals surface area contributed by atoms with Crippen molar-refractivity contribution in [2.24, 2.45) is 9.98 Å². The third-order valence-electron chi connectivity index (χ3n) is 6.79. The average Bonchev–Trinajstić information content (AvgIpc) is 2.96. The second-order valence-electron chi connectivity index (χ2n) is 11.2. The summed E-state index contributed by atoms with van der Waals surface area (Å²) in [5, 5.41) is 11.7. The fraction of sp³-hybridized carbons (Fsp3) is 0.643. The molecule has 0 bridgehead atoms. The van der Waals surface area contributed by atoms with Crippen molar-refractivity contribution >= 4 is 30.7 Å². The van der Waals surface area contributed by atoms with Crippen LogP contribution in [0.1, 0.15) is 33.3 Å². The maximum Gasteiger partial charge on any atom is 0.407 e. The van der Waals surface area contributed by atoms with Gasteiger partial charge in [0.1, 0.15) is 5.60 Å². The molecule has 3 rings (SSSR count). The molecule has 3 heterocycles. The number of anilines is 1. The lowest BCUT2D eigenvalue weighted by atomic mass is 10.2. The Kier molecular flexibility index (Phi) is 12.6. The van der Waals surface area contributed by atoms with Crippen molar-refractivity contribution in [3.8, 4) is 0 Å². The van der Waals surface area contributed by atoms with E-state index in [4.69, 9.17) is 14.6 Å². The zero-order chi connectivity index (χ0) is 30.5. The Morgan fingerprint density at radius 3 is 2.12 bits per heavy atom. The summed E-state index contributed by atoms with van der Waals surface area (Å²) >= 11 is 0. The van der Waals surface area contributed by atoms with Crippen LogP contribution in [-0.2, 0) is 20.8 Å². The lowest BCUT2D eigenvalue weighted by Gasteiger charge is -2.35. The van der Waals surface area contributed by atoms with Gasteiger partial charge in [-0.1, -0.05) is 0 Å². The molecule has 0 aromatic carbocycles. The molecule has 0 aliphatic carbocycles. The van der Waals surface area contributed by atoms with E-state index < -0.39 is 17.7 Å². The van der Waals surface area contributed by atoms with Crippen molar-refractivity contribution in [3.63, 3.8) is 0 Å². The molecule has 2 saturated heterocycles. The van der Waals surface area contributed by atoms with Crippen molar-refractivity contribution < 1.29 is 24.2 Å². The number of piperazine rings is 2. The van der Waals surface area contributed by atoms with Crippen LogP contribution < -0.4 is 10.2 Å². The molecule has 2 N–H and O–H groups in total. The van der Waals surface area contributed by atoms with E-state index in [0.29, 0.717) is 31.7 Å². The molecule has 0 unspecified atom stereocenters. The molecule has 2 fully saturated rings. The van der Waals surface area contributed by atoms with Gasteiger partial charge in [0, 0.05) is 96.1 Å². The van der Waals surface area contributed by atoms with Gasteiger partial charge in [-0.15, -0.1) is 0 Å². The molecule has 2 aliphatic rings. The van der Waals surface area contributed by atoms with Gasteiger partial charge in [-0.05, 0) is 34.4 Å². The number of nitrogens with one attached hydrogen (secondary N) is 1. The van der Waals surface area contributed by atoms with Gasteiger partial charge < -0.3 is 29.7 Å². The zero-order valence-electron chi connectivity index (χ0n) is 25.3. The highest BCUT2D eigenvalue weighted by Gasteiger charge is 2.21. The third-order valence-corrected chi connectivity index (χ3v) is 6.79. The fourth-order valence-electron chi connectivity index (χ4n) is 4.36. The van der Waals surface area contributed by atoms with Gasteiger partial charge in [0.2, 0.25) is 11.9 Å². The first-order chi connectivity index (χ1) is 20.0. The quantitative estimate of drug-likeness (QED) is 0.167. The predicted molar refractivity (Wildman–Crippen MR) is 161 cm³/mol. The third kappa shape index (κ3) is 11.3. The minimum atomic E-state index is -1.00. The summed E-state index contributed by atoms with van der Waals surface area (Å²) in [6, 6.07) is 0. The van der Waals surface area contributed by atoms with Crippen molar-refractivity contribution in [3.05, 3.63) is 29.7 Å². The highest BCUT2D eigenvalue weighted by Crippen LogP contribution is 2.12. The molecule has 0 spiro atoms. The minimum absolute atomic E-state index is 0.153. The Bertz CT molecular complexity index is 1090. The smallest absolute Gasteiger partial charge is 0.407 e. The van der Waals surface area contributed by atoms with Crippen LogP contribution in [0.15, 0.2) is 34.2 Å². The first-order valence-corrected chi connectivity index (χ1v) is 14.3. The first kappa shape index (κ1) is 32.9. The monoisotopic (exact) mass is 587 g/mol. The van der Waals surface area contributed by atoms with Crippen LogP contribution in [0, 0.1) is 0 Å². The predicted octanol–water partition coefficient (Wildman–Crippen LogP) is 1.30. The number of carbonyl (C=O) groups is 2. The van der Waals surface area contributed by atoms with Gasteiger partial charge in [-0.3, -0.25) is 9.80 Å². The first-order valence-electron chi connectivity index (χ1n) is 14.3. The number of nitrogens with zero attached hydrogens (tertiary/aromatic N) is 8. The maximum absolute atomic E-state index is 11.8. The topological polar surface area (TPSA) is 148 Å². The van der Waals surface area contributed by atoms with Crippen molar-refractivity contribution in [1.29, 1.82) is 0 Å². The number of alkyl carbamates (subject to hydrolysis) is 1. The van der Waals surface area contributed by atoms with E-state index in [0.717, 1.165) is 71.0 Å². The van der Waals surface area contributed by atoms with Gasteiger partial charge >= 0.3 is 12.1 Å². The van der Waals surface area contributed by atoms with Crippen LogP contribution in [0.3, 0.4) is 0 Å². The van der Waals surface area contributed by atoms with E-state index in [1.54, 1.807) is 12.4 Å². The summed E-state index contributed by atoms with van der Waals surface area (Å²) < 4.78 is 11.2. The molecule has 42 heavy (non-hydrogen) atoms. The van der Waals surface area contributed by atoms with Gasteiger partial charge in [-0.25, -0.2) is 29.5 Å². The average molecular weight is 588 g/mol. The van der Waals surface area contributed by atoms with Crippen LogP contribution in [0.25, 0.3) is 0 Å². The van der Waals surface area contributed by atoms with Gasteiger partial charge in [-0.2, -0.15) is 0 Å². The van der Waals surface area contributed by atoms with E-state index >= 15 is 0 Å². The summed E-state index contributed by atoms with van der Waals surface area (Å²) in [7, 11) is 0. The summed E-state index contributed by atoms with van der Waals surface area (Å²) in [5.41, 5.74) is 0.432. The van der Waals surface area contributed by atoms with Crippen LogP contribution in [-0.4, -0.2) is 139 Å². The largest absolute Gasteiger partial charge is 0.478 e. The summed E-state index contributed by atoms with van der Waals surface area (Å²) in [4.78, 5) is 48.8. The van der Waals surface area contributed by atoms with E-state index in [2.05, 4.69) is 46.7 Å². The van der Waals surface area contributed by atoms with Gasteiger partial charge in [0.25, 0.3) is 0 Å². The Morgan fingerprint density at radius 1 is 1.02 bits per heavy atom. The van der Waals surface area contributed by atoms with E-state index in [1.807, 2.05) is 25.7 Å². The second-order valence-corrected chi connectivity index (χ2v) is 11.2. The Morgan fingerprint density at radius 2 is 1.60 bits per heavy atom. The number of aliphatic imine (C=N–C) groups is 2. The number of aliphatic carboxylic acids is 1. The number of carboxylic acids is 1.